The molecule has 1 aliphatic heterocycles. The molecule has 1 saturated heterocycles. The Labute approximate surface area is 161 Å². The lowest BCUT2D eigenvalue weighted by molar-refractivity contribution is -0.119. The van der Waals surface area contributed by atoms with E-state index in [9.17, 15) is 9.18 Å². The molecule has 0 saturated carbocycles. The fourth-order valence-electron chi connectivity index (χ4n) is 3.64. The fraction of sp³-hybridized carbons (Fsp3) is 0.316. The van der Waals surface area contributed by atoms with Crippen LogP contribution < -0.4 is 10.2 Å². The fourth-order valence-corrected chi connectivity index (χ4v) is 3.82. The van der Waals surface area contributed by atoms with Crippen LogP contribution in [-0.4, -0.2) is 39.6 Å². The second-order valence-corrected chi connectivity index (χ2v) is 7.16. The van der Waals surface area contributed by atoms with Gasteiger partial charge < -0.3 is 10.2 Å². The van der Waals surface area contributed by atoms with Gasteiger partial charge in [-0.2, -0.15) is 5.10 Å². The quantitative estimate of drug-likeness (QED) is 0.749. The molecule has 140 valence electrons. The predicted octanol–water partition coefficient (Wildman–Crippen LogP) is 3.21. The first-order valence-electron chi connectivity index (χ1n) is 8.76. The summed E-state index contributed by atoms with van der Waals surface area (Å²) in [7, 11) is 0. The van der Waals surface area contributed by atoms with Crippen molar-refractivity contribution in [2.24, 2.45) is 0 Å². The molecule has 4 rings (SSSR count). The largest absolute Gasteiger partial charge is 0.366 e. The summed E-state index contributed by atoms with van der Waals surface area (Å²) in [6.07, 6.45) is 0.857. The molecule has 1 unspecified atom stereocenters. The van der Waals surface area contributed by atoms with Crippen LogP contribution in [0.2, 0.25) is 5.15 Å². The Balaban J connectivity index is 1.78. The standard InChI is InChI=1S/C19H19ClFN5O/c1-11-18(13-3-5-14(21)6-4-13)26-19(22-11)16(9-17(20)24-26)25-8-7-15(10-25)23-12(2)27/h3-6,9,15H,7-8,10H2,1-2H3,(H,23,27). The molecule has 1 aromatic carbocycles. The van der Waals surface area contributed by atoms with Crippen molar-refractivity contribution < 1.29 is 9.18 Å². The molecule has 6 nitrogen and oxygen atoms in total. The average Bonchev–Trinajstić information content (AvgIpc) is 3.18. The van der Waals surface area contributed by atoms with Crippen molar-refractivity contribution in [1.29, 1.82) is 0 Å². The number of hydrogen-bond donors (Lipinski definition) is 1. The van der Waals surface area contributed by atoms with E-state index in [2.05, 4.69) is 15.3 Å². The van der Waals surface area contributed by atoms with Gasteiger partial charge in [0.1, 0.15) is 5.82 Å². The van der Waals surface area contributed by atoms with Gasteiger partial charge in [-0.3, -0.25) is 4.79 Å². The van der Waals surface area contributed by atoms with Gasteiger partial charge in [-0.1, -0.05) is 11.6 Å². The third-order valence-corrected chi connectivity index (χ3v) is 4.95. The van der Waals surface area contributed by atoms with Crippen LogP contribution >= 0.6 is 11.6 Å². The van der Waals surface area contributed by atoms with E-state index in [1.807, 2.05) is 6.92 Å². The number of benzene rings is 1. The second kappa shape index (κ2) is 6.81. The number of aryl methyl sites for hydroxylation is 1. The van der Waals surface area contributed by atoms with Crippen molar-refractivity contribution in [3.8, 4) is 11.3 Å². The maximum atomic E-state index is 13.3. The number of halogens is 2. The maximum absolute atomic E-state index is 13.3. The number of imidazole rings is 1. The molecule has 2 aromatic heterocycles. The molecule has 1 atom stereocenters. The number of nitrogens with one attached hydrogen (secondary N) is 1. The van der Waals surface area contributed by atoms with Crippen molar-refractivity contribution >= 4 is 28.8 Å². The molecule has 1 fully saturated rings. The molecule has 3 heterocycles. The number of carbonyl (C=O) groups is 1. The zero-order chi connectivity index (χ0) is 19.1. The summed E-state index contributed by atoms with van der Waals surface area (Å²) in [4.78, 5) is 18.2. The zero-order valence-corrected chi connectivity index (χ0v) is 15.8. The normalized spacial score (nSPS) is 16.9. The van der Waals surface area contributed by atoms with Crippen LogP contribution in [-0.2, 0) is 4.79 Å². The Morgan fingerprint density at radius 2 is 2.07 bits per heavy atom. The molecule has 8 heteroatoms. The molecule has 0 aliphatic carbocycles. The molecule has 1 amide bonds. The van der Waals surface area contributed by atoms with Crippen LogP contribution in [0.25, 0.3) is 16.9 Å². The SMILES string of the molecule is CC(=O)NC1CCN(c2cc(Cl)nn3c(-c4ccc(F)cc4)c(C)nc23)C1. The maximum Gasteiger partial charge on any atom is 0.217 e. The third kappa shape index (κ3) is 3.35. The van der Waals surface area contributed by atoms with Gasteiger partial charge in [0, 0.05) is 37.7 Å². The van der Waals surface area contributed by atoms with Crippen LogP contribution in [0.5, 0.6) is 0 Å². The first-order chi connectivity index (χ1) is 12.9. The number of fused-ring (bicyclic) bond motifs is 1. The highest BCUT2D eigenvalue weighted by Gasteiger charge is 2.27. The van der Waals surface area contributed by atoms with Gasteiger partial charge >= 0.3 is 0 Å². The summed E-state index contributed by atoms with van der Waals surface area (Å²) in [6, 6.07) is 8.14. The van der Waals surface area contributed by atoms with Crippen LogP contribution in [0.3, 0.4) is 0 Å². The predicted molar refractivity (Wildman–Crippen MR) is 103 cm³/mol. The third-order valence-electron chi connectivity index (χ3n) is 4.76. The molecule has 1 aliphatic rings. The summed E-state index contributed by atoms with van der Waals surface area (Å²) >= 11 is 6.30. The van der Waals surface area contributed by atoms with E-state index in [1.54, 1.807) is 22.7 Å². The molecular weight excluding hydrogens is 369 g/mol. The average molecular weight is 388 g/mol. The summed E-state index contributed by atoms with van der Waals surface area (Å²) in [5.41, 5.74) is 3.96. The van der Waals surface area contributed by atoms with Gasteiger partial charge in [0.2, 0.25) is 5.91 Å². The van der Waals surface area contributed by atoms with E-state index >= 15 is 0 Å². The zero-order valence-electron chi connectivity index (χ0n) is 15.0. The molecule has 0 radical (unpaired) electrons. The smallest absolute Gasteiger partial charge is 0.217 e. The summed E-state index contributed by atoms with van der Waals surface area (Å²) in [6.45, 7) is 4.90. The Bertz CT molecular complexity index is 1020. The van der Waals surface area contributed by atoms with E-state index in [4.69, 9.17) is 16.6 Å². The van der Waals surface area contributed by atoms with Crippen molar-refractivity contribution in [2.45, 2.75) is 26.3 Å². The first kappa shape index (κ1) is 17.7. The summed E-state index contributed by atoms with van der Waals surface area (Å²) in [5, 5.41) is 7.73. The lowest BCUT2D eigenvalue weighted by Crippen LogP contribution is -2.35. The summed E-state index contributed by atoms with van der Waals surface area (Å²) < 4.78 is 15.0. The molecule has 27 heavy (non-hydrogen) atoms. The first-order valence-corrected chi connectivity index (χ1v) is 9.14. The number of nitrogens with zero attached hydrogens (tertiary/aromatic N) is 4. The van der Waals surface area contributed by atoms with Crippen LogP contribution in [0, 0.1) is 12.7 Å². The van der Waals surface area contributed by atoms with Crippen LogP contribution in [0.4, 0.5) is 10.1 Å². The number of anilines is 1. The van der Waals surface area contributed by atoms with Gasteiger partial charge in [-0.25, -0.2) is 13.9 Å². The van der Waals surface area contributed by atoms with Crippen molar-refractivity contribution in [2.75, 3.05) is 18.0 Å². The van der Waals surface area contributed by atoms with E-state index in [0.717, 1.165) is 35.6 Å². The van der Waals surface area contributed by atoms with Gasteiger partial charge in [-0.15, -0.1) is 0 Å². The monoisotopic (exact) mass is 387 g/mol. The minimum Gasteiger partial charge on any atom is -0.366 e. The molecule has 0 spiro atoms. The number of carbonyl (C=O) groups excluding carboxylic acids is 1. The van der Waals surface area contributed by atoms with E-state index in [0.29, 0.717) is 17.3 Å². The van der Waals surface area contributed by atoms with Crippen LogP contribution in [0.15, 0.2) is 30.3 Å². The Morgan fingerprint density at radius 3 is 2.78 bits per heavy atom. The lowest BCUT2D eigenvalue weighted by Gasteiger charge is -2.19. The van der Waals surface area contributed by atoms with E-state index in [1.165, 1.54) is 19.1 Å². The van der Waals surface area contributed by atoms with E-state index < -0.39 is 0 Å². The van der Waals surface area contributed by atoms with Crippen LogP contribution in [0.1, 0.15) is 19.0 Å². The van der Waals surface area contributed by atoms with Crippen molar-refractivity contribution in [3.63, 3.8) is 0 Å². The van der Waals surface area contributed by atoms with Crippen molar-refractivity contribution in [3.05, 3.63) is 47.0 Å². The Kier molecular flexibility index (Phi) is 4.47. The minimum atomic E-state index is -0.294. The Morgan fingerprint density at radius 1 is 1.33 bits per heavy atom. The topological polar surface area (TPSA) is 62.5 Å². The highest BCUT2D eigenvalue weighted by Crippen LogP contribution is 2.32. The molecule has 3 aromatic rings. The number of aromatic nitrogens is 3. The highest BCUT2D eigenvalue weighted by atomic mass is 35.5. The van der Waals surface area contributed by atoms with Gasteiger partial charge in [-0.05, 0) is 37.6 Å². The van der Waals surface area contributed by atoms with Crippen molar-refractivity contribution in [1.82, 2.24) is 19.9 Å². The number of hydrogen-bond acceptors (Lipinski definition) is 4. The summed E-state index contributed by atoms with van der Waals surface area (Å²) in [5.74, 6) is -0.326. The Hall–Kier alpha value is -2.67. The lowest BCUT2D eigenvalue weighted by atomic mass is 10.1. The number of rotatable bonds is 3. The number of amides is 1. The highest BCUT2D eigenvalue weighted by molar-refractivity contribution is 6.29. The second-order valence-electron chi connectivity index (χ2n) is 6.77. The minimum absolute atomic E-state index is 0.0324. The van der Waals surface area contributed by atoms with E-state index in [-0.39, 0.29) is 17.8 Å². The molecule has 1 N–H and O–H groups in total. The molecule has 0 bridgehead atoms. The van der Waals surface area contributed by atoms with Gasteiger partial charge in [0.25, 0.3) is 0 Å². The van der Waals surface area contributed by atoms with Gasteiger partial charge in [0.15, 0.2) is 10.8 Å². The molecular formula is C19H19ClFN5O. The van der Waals surface area contributed by atoms with Gasteiger partial charge in [0.05, 0.1) is 17.1 Å².